The van der Waals surface area contributed by atoms with E-state index in [-0.39, 0.29) is 5.91 Å². The Bertz CT molecular complexity index is 261. The molecule has 0 unspecified atom stereocenters. The Balaban J connectivity index is 2.43. The first-order chi connectivity index (χ1) is 7.77. The lowest BCUT2D eigenvalue weighted by Crippen LogP contribution is -2.55. The second-order valence-electron chi connectivity index (χ2n) is 6.57. The molecule has 1 aliphatic rings. The van der Waals surface area contributed by atoms with Gasteiger partial charge in [-0.1, -0.05) is 20.8 Å². The first-order valence-electron chi connectivity index (χ1n) is 6.83. The molecule has 0 aliphatic heterocycles. The van der Waals surface area contributed by atoms with Crippen LogP contribution in [0.15, 0.2) is 0 Å². The van der Waals surface area contributed by atoms with Crippen LogP contribution in [0.2, 0.25) is 0 Å². The molecule has 1 rings (SSSR count). The quantitative estimate of drug-likeness (QED) is 0.792. The number of carbonyl (C=O) groups excluding carboxylic acids is 1. The van der Waals surface area contributed by atoms with Crippen LogP contribution in [0, 0.1) is 5.41 Å². The summed E-state index contributed by atoms with van der Waals surface area (Å²) in [4.78, 5) is 12.1. The third-order valence-electron chi connectivity index (χ3n) is 3.86. The number of nitrogens with one attached hydrogen (secondary N) is 2. The summed E-state index contributed by atoms with van der Waals surface area (Å²) in [6.45, 7) is 11.4. The Kier molecular flexibility index (Phi) is 4.59. The van der Waals surface area contributed by atoms with Crippen LogP contribution in [0.5, 0.6) is 0 Å². The van der Waals surface area contributed by atoms with Gasteiger partial charge in [-0.2, -0.15) is 0 Å². The van der Waals surface area contributed by atoms with Crippen LogP contribution in [0.4, 0.5) is 0 Å². The maximum Gasteiger partial charge on any atom is 0.239 e. The van der Waals surface area contributed by atoms with E-state index >= 15 is 0 Å². The molecule has 0 saturated heterocycles. The molecular weight excluding hydrogens is 212 g/mol. The second-order valence-corrected chi connectivity index (χ2v) is 6.57. The van der Waals surface area contributed by atoms with Crippen molar-refractivity contribution >= 4 is 5.91 Å². The van der Waals surface area contributed by atoms with Crippen molar-refractivity contribution in [1.82, 2.24) is 10.6 Å². The zero-order valence-electron chi connectivity index (χ0n) is 12.0. The van der Waals surface area contributed by atoms with Gasteiger partial charge in [-0.3, -0.25) is 4.79 Å². The highest BCUT2D eigenvalue weighted by Crippen LogP contribution is 2.35. The summed E-state index contributed by atoms with van der Waals surface area (Å²) in [5.41, 5.74) is 0.000128. The largest absolute Gasteiger partial charge is 0.352 e. The van der Waals surface area contributed by atoms with Crippen LogP contribution in [0.25, 0.3) is 0 Å². The van der Waals surface area contributed by atoms with Crippen LogP contribution >= 0.6 is 0 Å². The number of carbonyl (C=O) groups is 1. The molecule has 3 heteroatoms. The van der Waals surface area contributed by atoms with E-state index in [2.05, 4.69) is 24.5 Å². The Hall–Kier alpha value is -0.570. The average molecular weight is 240 g/mol. The Labute approximate surface area is 106 Å². The van der Waals surface area contributed by atoms with Gasteiger partial charge in [0.25, 0.3) is 0 Å². The highest BCUT2D eigenvalue weighted by atomic mass is 16.2. The van der Waals surface area contributed by atoms with Gasteiger partial charge in [0.1, 0.15) is 0 Å². The highest BCUT2D eigenvalue weighted by molar-refractivity contribution is 5.85. The van der Waals surface area contributed by atoms with E-state index in [1.165, 1.54) is 12.8 Å². The molecule has 3 nitrogen and oxygen atoms in total. The van der Waals surface area contributed by atoms with E-state index in [0.717, 1.165) is 19.4 Å². The molecule has 0 heterocycles. The zero-order valence-corrected chi connectivity index (χ0v) is 12.0. The van der Waals surface area contributed by atoms with Crippen molar-refractivity contribution in [3.05, 3.63) is 0 Å². The zero-order chi connectivity index (χ0) is 13.1. The predicted octanol–water partition coefficient (Wildman–Crippen LogP) is 2.46. The summed E-state index contributed by atoms with van der Waals surface area (Å²) in [6, 6.07) is 0.369. The van der Waals surface area contributed by atoms with Gasteiger partial charge in [-0.15, -0.1) is 0 Å². The lowest BCUT2D eigenvalue weighted by Gasteiger charge is -2.36. The molecule has 0 aromatic carbocycles. The van der Waals surface area contributed by atoms with Crippen LogP contribution in [0.3, 0.4) is 0 Å². The van der Waals surface area contributed by atoms with E-state index in [4.69, 9.17) is 0 Å². The fourth-order valence-corrected chi connectivity index (χ4v) is 2.43. The van der Waals surface area contributed by atoms with E-state index in [9.17, 15) is 4.79 Å². The monoisotopic (exact) mass is 240 g/mol. The third-order valence-corrected chi connectivity index (χ3v) is 3.86. The first-order valence-corrected chi connectivity index (χ1v) is 6.83. The van der Waals surface area contributed by atoms with Crippen LogP contribution in [-0.2, 0) is 4.79 Å². The third kappa shape index (κ3) is 4.30. The minimum absolute atomic E-state index is 0.129. The molecular formula is C14H28N2O. The van der Waals surface area contributed by atoms with Gasteiger partial charge in [0.2, 0.25) is 5.91 Å². The lowest BCUT2D eigenvalue weighted by atomic mass is 9.75. The van der Waals surface area contributed by atoms with Gasteiger partial charge in [0.15, 0.2) is 0 Å². The smallest absolute Gasteiger partial charge is 0.239 e. The van der Waals surface area contributed by atoms with Crippen molar-refractivity contribution in [1.29, 1.82) is 0 Å². The molecule has 100 valence electrons. The van der Waals surface area contributed by atoms with E-state index in [1.54, 1.807) is 0 Å². The van der Waals surface area contributed by atoms with Crippen molar-refractivity contribution < 1.29 is 4.79 Å². The summed E-state index contributed by atoms with van der Waals surface area (Å²) in [7, 11) is 0. The van der Waals surface area contributed by atoms with Crippen molar-refractivity contribution in [3.63, 3.8) is 0 Å². The molecule has 2 N–H and O–H groups in total. The van der Waals surface area contributed by atoms with Gasteiger partial charge >= 0.3 is 0 Å². The Morgan fingerprint density at radius 3 is 2.29 bits per heavy atom. The van der Waals surface area contributed by atoms with E-state index < -0.39 is 5.54 Å². The van der Waals surface area contributed by atoms with Gasteiger partial charge in [0, 0.05) is 6.04 Å². The van der Waals surface area contributed by atoms with E-state index in [0.29, 0.717) is 11.5 Å². The standard InChI is InChI=1S/C14H28N2O/c1-6-15-14(4,5)12(17)16-11-7-9-13(2,3)10-8-11/h11,15H,6-10H2,1-5H3,(H,16,17). The predicted molar refractivity (Wildman–Crippen MR) is 71.9 cm³/mol. The number of rotatable bonds is 4. The van der Waals surface area contributed by atoms with Crippen molar-refractivity contribution in [3.8, 4) is 0 Å². The molecule has 1 aliphatic carbocycles. The molecule has 0 aromatic rings. The van der Waals surface area contributed by atoms with Crippen molar-refractivity contribution in [2.24, 2.45) is 5.41 Å². The summed E-state index contributed by atoms with van der Waals surface area (Å²) in [6.07, 6.45) is 4.64. The molecule has 17 heavy (non-hydrogen) atoms. The minimum atomic E-state index is -0.457. The number of amides is 1. The number of hydrogen-bond acceptors (Lipinski definition) is 2. The maximum atomic E-state index is 12.1. The molecule has 0 radical (unpaired) electrons. The van der Waals surface area contributed by atoms with Crippen molar-refractivity contribution in [2.45, 2.75) is 71.9 Å². The van der Waals surface area contributed by atoms with Gasteiger partial charge in [-0.25, -0.2) is 0 Å². The van der Waals surface area contributed by atoms with E-state index in [1.807, 2.05) is 20.8 Å². The SMILES string of the molecule is CCNC(C)(C)C(=O)NC1CCC(C)(C)CC1. The number of likely N-dealkylation sites (N-methyl/N-ethyl adjacent to an activating group) is 1. The highest BCUT2D eigenvalue weighted by Gasteiger charge is 2.31. The Morgan fingerprint density at radius 2 is 1.82 bits per heavy atom. The second kappa shape index (κ2) is 5.38. The van der Waals surface area contributed by atoms with Crippen molar-refractivity contribution in [2.75, 3.05) is 6.54 Å². The molecule has 0 bridgehead atoms. The molecule has 0 aromatic heterocycles. The fourth-order valence-electron chi connectivity index (χ4n) is 2.43. The van der Waals surface area contributed by atoms with Crippen LogP contribution < -0.4 is 10.6 Å². The Morgan fingerprint density at radius 1 is 1.29 bits per heavy atom. The molecule has 0 atom stereocenters. The topological polar surface area (TPSA) is 41.1 Å². The summed E-state index contributed by atoms with van der Waals surface area (Å²) < 4.78 is 0. The van der Waals surface area contributed by atoms with Gasteiger partial charge in [0.05, 0.1) is 5.54 Å². The van der Waals surface area contributed by atoms with Gasteiger partial charge in [-0.05, 0) is 51.5 Å². The normalized spacial score (nSPS) is 21.2. The summed E-state index contributed by atoms with van der Waals surface area (Å²) in [5.74, 6) is 0.129. The fraction of sp³-hybridized carbons (Fsp3) is 0.929. The van der Waals surface area contributed by atoms with Crippen LogP contribution in [0.1, 0.15) is 60.3 Å². The van der Waals surface area contributed by atoms with Crippen LogP contribution in [-0.4, -0.2) is 24.0 Å². The maximum absolute atomic E-state index is 12.1. The first kappa shape index (κ1) is 14.5. The summed E-state index contributed by atoms with van der Waals surface area (Å²) in [5, 5.41) is 6.40. The average Bonchev–Trinajstić information content (AvgIpc) is 2.21. The van der Waals surface area contributed by atoms with Gasteiger partial charge < -0.3 is 10.6 Å². The molecule has 1 saturated carbocycles. The summed E-state index contributed by atoms with van der Waals surface area (Å²) >= 11 is 0. The number of hydrogen-bond donors (Lipinski definition) is 2. The molecule has 0 spiro atoms. The molecule has 1 amide bonds. The lowest BCUT2D eigenvalue weighted by molar-refractivity contribution is -0.127. The molecule has 1 fully saturated rings. The minimum Gasteiger partial charge on any atom is -0.352 e.